The molecule has 1 atom stereocenters. The number of nitrogens with two attached hydrogens (primary N) is 1. The molecule has 1 aromatic rings. The van der Waals surface area contributed by atoms with Crippen LogP contribution in [0.4, 0.5) is 11.5 Å². The zero-order valence-corrected chi connectivity index (χ0v) is 9.90. The highest BCUT2D eigenvalue weighted by molar-refractivity contribution is 5.95. The van der Waals surface area contributed by atoms with E-state index in [1.54, 1.807) is 0 Å². The number of amides is 1. The SMILES string of the molecule is COC(=O)c1cc(NC2CNC(=O)C2)ncc1N. The Labute approximate surface area is 104 Å². The summed E-state index contributed by atoms with van der Waals surface area (Å²) >= 11 is 0. The maximum atomic E-state index is 11.5. The van der Waals surface area contributed by atoms with E-state index in [4.69, 9.17) is 5.73 Å². The topological polar surface area (TPSA) is 106 Å². The van der Waals surface area contributed by atoms with Crippen LogP contribution in [0.25, 0.3) is 0 Å². The highest BCUT2D eigenvalue weighted by Crippen LogP contribution is 2.17. The monoisotopic (exact) mass is 250 g/mol. The molecular formula is C11H14N4O3. The van der Waals surface area contributed by atoms with Crippen molar-refractivity contribution in [3.63, 3.8) is 0 Å². The third-order valence-electron chi connectivity index (χ3n) is 2.67. The van der Waals surface area contributed by atoms with Gasteiger partial charge >= 0.3 is 5.97 Å². The van der Waals surface area contributed by atoms with Crippen LogP contribution < -0.4 is 16.4 Å². The van der Waals surface area contributed by atoms with Gasteiger partial charge in [-0.05, 0) is 6.07 Å². The maximum absolute atomic E-state index is 11.5. The summed E-state index contributed by atoms with van der Waals surface area (Å²) in [7, 11) is 1.29. The number of carbonyl (C=O) groups is 2. The number of pyridine rings is 1. The number of nitrogen functional groups attached to an aromatic ring is 1. The van der Waals surface area contributed by atoms with Gasteiger partial charge < -0.3 is 21.1 Å². The van der Waals surface area contributed by atoms with E-state index >= 15 is 0 Å². The molecule has 0 saturated carbocycles. The first-order valence-corrected chi connectivity index (χ1v) is 5.47. The van der Waals surface area contributed by atoms with Gasteiger partial charge in [0.25, 0.3) is 0 Å². The number of ether oxygens (including phenoxy) is 1. The molecule has 0 radical (unpaired) electrons. The van der Waals surface area contributed by atoms with Crippen molar-refractivity contribution in [2.24, 2.45) is 0 Å². The Balaban J connectivity index is 2.14. The fourth-order valence-electron chi connectivity index (χ4n) is 1.75. The summed E-state index contributed by atoms with van der Waals surface area (Å²) in [5, 5.41) is 5.76. The van der Waals surface area contributed by atoms with Crippen molar-refractivity contribution in [3.05, 3.63) is 17.8 Å². The Bertz CT molecular complexity index is 489. The fraction of sp³-hybridized carbons (Fsp3) is 0.364. The van der Waals surface area contributed by atoms with E-state index in [1.807, 2.05) is 0 Å². The number of nitrogens with one attached hydrogen (secondary N) is 2. The molecule has 96 valence electrons. The van der Waals surface area contributed by atoms with Crippen LogP contribution >= 0.6 is 0 Å². The van der Waals surface area contributed by atoms with Crippen LogP contribution in [0.5, 0.6) is 0 Å². The number of aromatic nitrogens is 1. The van der Waals surface area contributed by atoms with E-state index in [9.17, 15) is 9.59 Å². The minimum absolute atomic E-state index is 0.00358. The molecule has 1 aliphatic heterocycles. The van der Waals surface area contributed by atoms with Crippen molar-refractivity contribution < 1.29 is 14.3 Å². The highest BCUT2D eigenvalue weighted by Gasteiger charge is 2.22. The Hall–Kier alpha value is -2.31. The van der Waals surface area contributed by atoms with E-state index in [0.717, 1.165) is 0 Å². The molecule has 0 spiro atoms. The first-order valence-electron chi connectivity index (χ1n) is 5.47. The van der Waals surface area contributed by atoms with Crippen LogP contribution in [0, 0.1) is 0 Å². The molecule has 7 nitrogen and oxygen atoms in total. The van der Waals surface area contributed by atoms with Crippen LogP contribution in [0.3, 0.4) is 0 Å². The number of esters is 1. The molecule has 0 aromatic carbocycles. The van der Waals surface area contributed by atoms with E-state index in [-0.39, 0.29) is 23.2 Å². The van der Waals surface area contributed by atoms with Gasteiger partial charge in [0.1, 0.15) is 5.82 Å². The van der Waals surface area contributed by atoms with E-state index in [2.05, 4.69) is 20.4 Å². The lowest BCUT2D eigenvalue weighted by molar-refractivity contribution is -0.119. The number of hydrogen-bond donors (Lipinski definition) is 3. The number of carbonyl (C=O) groups excluding carboxylic acids is 2. The van der Waals surface area contributed by atoms with Crippen LogP contribution in [-0.2, 0) is 9.53 Å². The summed E-state index contributed by atoms with van der Waals surface area (Å²) in [6.07, 6.45) is 1.78. The Morgan fingerprint density at radius 1 is 1.67 bits per heavy atom. The molecule has 2 heterocycles. The fourth-order valence-corrected chi connectivity index (χ4v) is 1.75. The van der Waals surface area contributed by atoms with Crippen molar-refractivity contribution in [3.8, 4) is 0 Å². The second kappa shape index (κ2) is 4.91. The van der Waals surface area contributed by atoms with Gasteiger partial charge in [-0.25, -0.2) is 9.78 Å². The number of rotatable bonds is 3. The smallest absolute Gasteiger partial charge is 0.340 e. The van der Waals surface area contributed by atoms with Gasteiger partial charge in [-0.3, -0.25) is 4.79 Å². The van der Waals surface area contributed by atoms with Gasteiger partial charge in [0.2, 0.25) is 5.91 Å². The highest BCUT2D eigenvalue weighted by atomic mass is 16.5. The van der Waals surface area contributed by atoms with Gasteiger partial charge in [-0.2, -0.15) is 0 Å². The molecule has 4 N–H and O–H groups in total. The van der Waals surface area contributed by atoms with Gasteiger partial charge in [0, 0.05) is 13.0 Å². The minimum atomic E-state index is -0.515. The quantitative estimate of drug-likeness (QED) is 0.639. The molecule has 7 heteroatoms. The summed E-state index contributed by atoms with van der Waals surface area (Å²) in [5.41, 5.74) is 6.15. The molecule has 2 rings (SSSR count). The second-order valence-corrected chi connectivity index (χ2v) is 4.00. The standard InChI is InChI=1S/C11H14N4O3/c1-18-11(17)7-3-9(13-5-8(7)12)15-6-2-10(16)14-4-6/h3,5-6H,2,4,12H2,1H3,(H,13,15)(H,14,16). The third kappa shape index (κ3) is 2.50. The molecule has 1 unspecified atom stereocenters. The zero-order valence-electron chi connectivity index (χ0n) is 9.90. The third-order valence-corrected chi connectivity index (χ3v) is 2.67. The van der Waals surface area contributed by atoms with Crippen molar-refractivity contribution in [2.75, 3.05) is 24.7 Å². The average molecular weight is 250 g/mol. The van der Waals surface area contributed by atoms with E-state index in [0.29, 0.717) is 18.8 Å². The molecule has 1 fully saturated rings. The Kier molecular flexibility index (Phi) is 3.31. The predicted octanol–water partition coefficient (Wildman–Crippen LogP) is -0.249. The average Bonchev–Trinajstić information content (AvgIpc) is 2.76. The Morgan fingerprint density at radius 2 is 2.44 bits per heavy atom. The molecule has 1 amide bonds. The van der Waals surface area contributed by atoms with Crippen molar-refractivity contribution in [2.45, 2.75) is 12.5 Å². The molecule has 18 heavy (non-hydrogen) atoms. The van der Waals surface area contributed by atoms with E-state index < -0.39 is 5.97 Å². The number of hydrogen-bond acceptors (Lipinski definition) is 6. The number of nitrogens with zero attached hydrogens (tertiary/aromatic N) is 1. The second-order valence-electron chi connectivity index (χ2n) is 4.00. The minimum Gasteiger partial charge on any atom is -0.465 e. The first-order chi connectivity index (χ1) is 8.60. The van der Waals surface area contributed by atoms with Crippen LogP contribution in [-0.4, -0.2) is 36.6 Å². The molecule has 0 bridgehead atoms. The van der Waals surface area contributed by atoms with Crippen LogP contribution in [0.1, 0.15) is 16.8 Å². The number of anilines is 2. The summed E-state index contributed by atoms with van der Waals surface area (Å²) in [6.45, 7) is 0.540. The molecule has 1 saturated heterocycles. The molecular weight excluding hydrogens is 236 g/mol. The lowest BCUT2D eigenvalue weighted by Crippen LogP contribution is -2.23. The zero-order chi connectivity index (χ0) is 13.1. The van der Waals surface area contributed by atoms with Crippen molar-refractivity contribution in [1.29, 1.82) is 0 Å². The Morgan fingerprint density at radius 3 is 3.06 bits per heavy atom. The lowest BCUT2D eigenvalue weighted by atomic mass is 10.2. The summed E-state index contributed by atoms with van der Waals surface area (Å²) < 4.78 is 4.62. The predicted molar refractivity (Wildman–Crippen MR) is 65.0 cm³/mol. The lowest BCUT2D eigenvalue weighted by Gasteiger charge is -2.12. The van der Waals surface area contributed by atoms with Gasteiger partial charge in [0.05, 0.1) is 30.6 Å². The van der Waals surface area contributed by atoms with Gasteiger partial charge in [-0.1, -0.05) is 0 Å². The first kappa shape index (κ1) is 12.2. The summed E-state index contributed by atoms with van der Waals surface area (Å²) in [5.74, 6) is -0.0270. The molecule has 0 aliphatic carbocycles. The largest absolute Gasteiger partial charge is 0.465 e. The van der Waals surface area contributed by atoms with Crippen LogP contribution in [0.2, 0.25) is 0 Å². The van der Waals surface area contributed by atoms with Crippen molar-refractivity contribution in [1.82, 2.24) is 10.3 Å². The van der Waals surface area contributed by atoms with E-state index in [1.165, 1.54) is 19.4 Å². The molecule has 1 aliphatic rings. The van der Waals surface area contributed by atoms with Gasteiger partial charge in [0.15, 0.2) is 0 Å². The summed E-state index contributed by atoms with van der Waals surface area (Å²) in [6, 6.07) is 1.49. The van der Waals surface area contributed by atoms with Crippen molar-refractivity contribution >= 4 is 23.4 Å². The normalized spacial score (nSPS) is 18.3. The van der Waals surface area contributed by atoms with Crippen LogP contribution in [0.15, 0.2) is 12.3 Å². The van der Waals surface area contributed by atoms with Gasteiger partial charge in [-0.15, -0.1) is 0 Å². The number of methoxy groups -OCH3 is 1. The summed E-state index contributed by atoms with van der Waals surface area (Å²) in [4.78, 5) is 26.6. The maximum Gasteiger partial charge on any atom is 0.340 e. The molecule has 1 aromatic heterocycles.